The lowest BCUT2D eigenvalue weighted by Crippen LogP contribution is -3.27. The third kappa shape index (κ3) is 5.59. The first-order valence-corrected chi connectivity index (χ1v) is 11.9. The van der Waals surface area contributed by atoms with Crippen LogP contribution in [0.15, 0.2) is 59.5 Å². The minimum atomic E-state index is -3.63. The standard InChI is InChI=1S/C22H30N4O3S/c1-24-15-17-26(18-16-24)14-6-13-23-22(27)19-9-11-20(12-10-19)25(2)30(28,29)21-7-4-3-5-8-21/h3-5,7-12H,6,13-18H2,1-2H3,(H,23,27)/p+2. The van der Waals surface area contributed by atoms with Crippen molar-refractivity contribution in [2.24, 2.45) is 0 Å². The third-order valence-corrected chi connectivity index (χ3v) is 7.50. The summed E-state index contributed by atoms with van der Waals surface area (Å²) in [5, 5.41) is 2.96. The van der Waals surface area contributed by atoms with E-state index < -0.39 is 10.0 Å². The van der Waals surface area contributed by atoms with Crippen LogP contribution in [0.5, 0.6) is 0 Å². The van der Waals surface area contributed by atoms with E-state index in [1.165, 1.54) is 37.5 Å². The van der Waals surface area contributed by atoms with Crippen LogP contribution in [0.4, 0.5) is 5.69 Å². The zero-order valence-corrected chi connectivity index (χ0v) is 18.5. The number of hydrogen-bond donors (Lipinski definition) is 3. The first-order chi connectivity index (χ1) is 14.4. The van der Waals surface area contributed by atoms with Gasteiger partial charge >= 0.3 is 0 Å². The van der Waals surface area contributed by atoms with Crippen LogP contribution < -0.4 is 19.4 Å². The molecule has 3 N–H and O–H groups in total. The first-order valence-electron chi connectivity index (χ1n) is 10.4. The van der Waals surface area contributed by atoms with Crippen LogP contribution in [0.3, 0.4) is 0 Å². The molecule has 30 heavy (non-hydrogen) atoms. The van der Waals surface area contributed by atoms with Gasteiger partial charge in [-0.3, -0.25) is 9.10 Å². The maximum atomic E-state index is 12.7. The van der Waals surface area contributed by atoms with Gasteiger partial charge in [0.25, 0.3) is 15.9 Å². The SMILES string of the molecule is CN(c1ccc(C(=O)NCCC[NH+]2CC[NH+](C)CC2)cc1)S(=O)(=O)c1ccccc1. The number of nitrogens with one attached hydrogen (secondary N) is 3. The predicted molar refractivity (Wildman–Crippen MR) is 118 cm³/mol. The second-order valence-electron chi connectivity index (χ2n) is 7.90. The Bertz CT molecular complexity index is 925. The largest absolute Gasteiger partial charge is 0.352 e. The van der Waals surface area contributed by atoms with E-state index in [4.69, 9.17) is 0 Å². The summed E-state index contributed by atoms with van der Waals surface area (Å²) < 4.78 is 26.7. The molecule has 0 saturated carbocycles. The summed E-state index contributed by atoms with van der Waals surface area (Å²) in [4.78, 5) is 15.8. The van der Waals surface area contributed by atoms with E-state index in [1.54, 1.807) is 64.4 Å². The Morgan fingerprint density at radius 1 is 1.00 bits per heavy atom. The maximum Gasteiger partial charge on any atom is 0.264 e. The summed E-state index contributed by atoms with van der Waals surface area (Å²) in [5.74, 6) is -0.132. The molecule has 1 fully saturated rings. The maximum absolute atomic E-state index is 12.7. The van der Waals surface area contributed by atoms with Gasteiger partial charge < -0.3 is 15.1 Å². The summed E-state index contributed by atoms with van der Waals surface area (Å²) in [6.07, 6.45) is 0.955. The number of benzene rings is 2. The number of hydrogen-bond acceptors (Lipinski definition) is 3. The number of piperazine rings is 1. The fraction of sp³-hybridized carbons (Fsp3) is 0.409. The molecule has 0 radical (unpaired) electrons. The predicted octanol–water partition coefficient (Wildman–Crippen LogP) is -0.955. The average Bonchev–Trinajstić information content (AvgIpc) is 2.78. The Morgan fingerprint density at radius 2 is 1.63 bits per heavy atom. The highest BCUT2D eigenvalue weighted by Crippen LogP contribution is 2.22. The highest BCUT2D eigenvalue weighted by atomic mass is 32.2. The molecule has 0 aliphatic carbocycles. The minimum absolute atomic E-state index is 0.132. The average molecular weight is 433 g/mol. The van der Waals surface area contributed by atoms with Crippen LogP contribution in [-0.4, -0.2) is 67.7 Å². The molecule has 7 nitrogen and oxygen atoms in total. The lowest BCUT2D eigenvalue weighted by atomic mass is 10.2. The molecule has 0 unspecified atom stereocenters. The molecule has 0 bridgehead atoms. The summed E-state index contributed by atoms with van der Waals surface area (Å²) in [6, 6.07) is 14.9. The quantitative estimate of drug-likeness (QED) is 0.471. The van der Waals surface area contributed by atoms with Crippen LogP contribution in [0, 0.1) is 0 Å². The molecule has 1 amide bonds. The van der Waals surface area contributed by atoms with Crippen molar-refractivity contribution >= 4 is 21.6 Å². The lowest BCUT2D eigenvalue weighted by molar-refractivity contribution is -1.00. The van der Waals surface area contributed by atoms with Crippen molar-refractivity contribution in [1.29, 1.82) is 0 Å². The Morgan fingerprint density at radius 3 is 2.27 bits per heavy atom. The van der Waals surface area contributed by atoms with Gasteiger partial charge in [0.05, 0.1) is 24.2 Å². The van der Waals surface area contributed by atoms with E-state index in [0.717, 1.165) is 13.0 Å². The van der Waals surface area contributed by atoms with Crippen molar-refractivity contribution in [3.8, 4) is 0 Å². The number of anilines is 1. The van der Waals surface area contributed by atoms with Crippen LogP contribution in [-0.2, 0) is 10.0 Å². The summed E-state index contributed by atoms with van der Waals surface area (Å²) in [6.45, 7) is 6.54. The monoisotopic (exact) mass is 432 g/mol. The molecule has 1 saturated heterocycles. The Kier molecular flexibility index (Phi) is 7.47. The second-order valence-corrected chi connectivity index (χ2v) is 9.87. The molecule has 1 aliphatic rings. The molecule has 1 aliphatic heterocycles. The summed E-state index contributed by atoms with van der Waals surface area (Å²) >= 11 is 0. The molecule has 0 aromatic heterocycles. The fourth-order valence-corrected chi connectivity index (χ4v) is 4.85. The third-order valence-electron chi connectivity index (χ3n) is 5.70. The van der Waals surface area contributed by atoms with Crippen molar-refractivity contribution in [2.45, 2.75) is 11.3 Å². The van der Waals surface area contributed by atoms with Crippen molar-refractivity contribution in [1.82, 2.24) is 5.32 Å². The number of quaternary nitrogens is 2. The molecule has 2 aromatic rings. The Hall–Kier alpha value is -2.42. The molecule has 3 rings (SSSR count). The van der Waals surface area contributed by atoms with Gasteiger partial charge in [0, 0.05) is 25.6 Å². The van der Waals surface area contributed by atoms with Gasteiger partial charge in [-0.15, -0.1) is 0 Å². The number of amides is 1. The van der Waals surface area contributed by atoms with Gasteiger partial charge in [0.15, 0.2) is 0 Å². The number of carbonyl (C=O) groups is 1. The number of carbonyl (C=O) groups excluding carboxylic acids is 1. The molecule has 0 atom stereocenters. The molecular weight excluding hydrogens is 400 g/mol. The molecule has 8 heteroatoms. The van der Waals surface area contributed by atoms with E-state index in [9.17, 15) is 13.2 Å². The van der Waals surface area contributed by atoms with Gasteiger partial charge in [0.2, 0.25) is 0 Å². The number of rotatable bonds is 8. The first kappa shape index (κ1) is 22.3. The van der Waals surface area contributed by atoms with Gasteiger partial charge in [-0.25, -0.2) is 8.42 Å². The molecule has 0 spiro atoms. The van der Waals surface area contributed by atoms with Crippen molar-refractivity contribution in [2.75, 3.05) is 57.7 Å². The fourth-order valence-electron chi connectivity index (χ4n) is 3.63. The van der Waals surface area contributed by atoms with Crippen molar-refractivity contribution < 1.29 is 23.0 Å². The molecular formula is C22H32N4O3S+2. The minimum Gasteiger partial charge on any atom is -0.352 e. The van der Waals surface area contributed by atoms with E-state index in [1.807, 2.05) is 0 Å². The van der Waals surface area contributed by atoms with Gasteiger partial charge in [-0.05, 0) is 36.4 Å². The lowest BCUT2D eigenvalue weighted by Gasteiger charge is -2.27. The zero-order valence-electron chi connectivity index (χ0n) is 17.7. The highest BCUT2D eigenvalue weighted by Gasteiger charge is 2.21. The van der Waals surface area contributed by atoms with Crippen LogP contribution in [0.2, 0.25) is 0 Å². The van der Waals surface area contributed by atoms with Crippen LogP contribution >= 0.6 is 0 Å². The highest BCUT2D eigenvalue weighted by molar-refractivity contribution is 7.92. The smallest absolute Gasteiger partial charge is 0.264 e. The zero-order chi connectivity index (χ0) is 21.6. The van der Waals surface area contributed by atoms with E-state index in [-0.39, 0.29) is 10.8 Å². The second kappa shape index (κ2) is 10.1. The van der Waals surface area contributed by atoms with Crippen molar-refractivity contribution in [3.63, 3.8) is 0 Å². The topological polar surface area (TPSA) is 75.4 Å². The van der Waals surface area contributed by atoms with E-state index in [0.29, 0.717) is 17.8 Å². The van der Waals surface area contributed by atoms with Gasteiger partial charge in [0.1, 0.15) is 26.2 Å². The molecule has 2 aromatic carbocycles. The van der Waals surface area contributed by atoms with Crippen LogP contribution in [0.25, 0.3) is 0 Å². The summed E-state index contributed by atoms with van der Waals surface area (Å²) in [5.41, 5.74) is 1.04. The normalized spacial score (nSPS) is 19.3. The number of nitrogens with zero attached hydrogens (tertiary/aromatic N) is 1. The Labute approximate surface area is 179 Å². The Balaban J connectivity index is 1.50. The van der Waals surface area contributed by atoms with Crippen LogP contribution in [0.1, 0.15) is 16.8 Å². The molecule has 1 heterocycles. The van der Waals surface area contributed by atoms with Gasteiger partial charge in [-0.2, -0.15) is 0 Å². The number of sulfonamides is 1. The van der Waals surface area contributed by atoms with Gasteiger partial charge in [-0.1, -0.05) is 18.2 Å². The van der Waals surface area contributed by atoms with E-state index >= 15 is 0 Å². The number of likely N-dealkylation sites (N-methyl/N-ethyl adjacent to an activating group) is 1. The van der Waals surface area contributed by atoms with E-state index in [2.05, 4.69) is 12.4 Å². The summed E-state index contributed by atoms with van der Waals surface area (Å²) in [7, 11) is 0.119. The van der Waals surface area contributed by atoms with Crippen molar-refractivity contribution in [3.05, 3.63) is 60.2 Å². The molecule has 162 valence electrons.